The number of carbonyl (C=O) groups excluding carboxylic acids is 2. The monoisotopic (exact) mass is 428 g/mol. The molecule has 152 valence electrons. The molecule has 27 heavy (non-hydrogen) atoms. The minimum Gasteiger partial charge on any atom is -0.352 e. The number of thioether (sulfide) groups is 1. The van der Waals surface area contributed by atoms with Crippen LogP contribution in [0.1, 0.15) is 6.42 Å². The van der Waals surface area contributed by atoms with E-state index >= 15 is 0 Å². The summed E-state index contributed by atoms with van der Waals surface area (Å²) >= 11 is 1.47. The zero-order chi connectivity index (χ0) is 20.7. The van der Waals surface area contributed by atoms with Gasteiger partial charge < -0.3 is 16.4 Å². The number of urea groups is 1. The number of nitrogens with one attached hydrogen (secondary N) is 3. The first-order chi connectivity index (χ1) is 12.4. The standard InChI is InChI=1S/C14H19F3N4O4S2/c1-26-7-6-11(21-13(18)23)12(22)20-9-2-4-10(5-3-9)27(24,25)19-8-14(15,16)17/h2-5,11,19H,6-8H2,1H3,(H,20,22)(H3,18,21,23)/t11-/m1/s1. The third-order valence-corrected chi connectivity index (χ3v) is 5.20. The summed E-state index contributed by atoms with van der Waals surface area (Å²) in [6.45, 7) is -1.69. The van der Waals surface area contributed by atoms with Crippen LogP contribution in [0.4, 0.5) is 23.7 Å². The number of primary amides is 1. The molecule has 0 radical (unpaired) electrons. The Morgan fingerprint density at radius 3 is 2.30 bits per heavy atom. The van der Waals surface area contributed by atoms with Gasteiger partial charge in [-0.1, -0.05) is 0 Å². The molecule has 0 aliphatic carbocycles. The second kappa shape index (κ2) is 9.80. The summed E-state index contributed by atoms with van der Waals surface area (Å²) in [5.41, 5.74) is 5.24. The molecule has 8 nitrogen and oxygen atoms in total. The smallest absolute Gasteiger partial charge is 0.352 e. The number of anilines is 1. The Kier molecular flexibility index (Phi) is 8.37. The lowest BCUT2D eigenvalue weighted by Crippen LogP contribution is -2.46. The molecule has 1 aromatic carbocycles. The van der Waals surface area contributed by atoms with Crippen molar-refractivity contribution >= 4 is 39.4 Å². The van der Waals surface area contributed by atoms with E-state index in [0.29, 0.717) is 12.2 Å². The summed E-state index contributed by atoms with van der Waals surface area (Å²) in [6, 6.07) is 2.78. The zero-order valence-corrected chi connectivity index (χ0v) is 15.8. The van der Waals surface area contributed by atoms with Gasteiger partial charge in [0.1, 0.15) is 12.6 Å². The van der Waals surface area contributed by atoms with Crippen molar-refractivity contribution < 1.29 is 31.2 Å². The van der Waals surface area contributed by atoms with Crippen molar-refractivity contribution in [2.75, 3.05) is 23.9 Å². The molecule has 0 spiro atoms. The van der Waals surface area contributed by atoms with Crippen molar-refractivity contribution in [2.45, 2.75) is 23.5 Å². The van der Waals surface area contributed by atoms with E-state index < -0.39 is 40.7 Å². The highest BCUT2D eigenvalue weighted by Gasteiger charge is 2.30. The van der Waals surface area contributed by atoms with Crippen molar-refractivity contribution in [1.29, 1.82) is 0 Å². The van der Waals surface area contributed by atoms with Gasteiger partial charge in [-0.25, -0.2) is 17.9 Å². The predicted octanol–water partition coefficient (Wildman–Crippen LogP) is 1.26. The molecule has 1 atom stereocenters. The van der Waals surface area contributed by atoms with Gasteiger partial charge in [0.15, 0.2) is 0 Å². The lowest BCUT2D eigenvalue weighted by molar-refractivity contribution is -0.121. The lowest BCUT2D eigenvalue weighted by Gasteiger charge is -2.17. The molecule has 1 rings (SSSR count). The maximum Gasteiger partial charge on any atom is 0.402 e. The number of sulfonamides is 1. The molecule has 3 amide bonds. The zero-order valence-electron chi connectivity index (χ0n) is 14.2. The fraction of sp³-hybridized carbons (Fsp3) is 0.429. The van der Waals surface area contributed by atoms with Gasteiger partial charge in [-0.15, -0.1) is 0 Å². The topological polar surface area (TPSA) is 130 Å². The molecule has 0 heterocycles. The molecule has 5 N–H and O–H groups in total. The fourth-order valence-electron chi connectivity index (χ4n) is 1.88. The first kappa shape index (κ1) is 23.0. The summed E-state index contributed by atoms with van der Waals surface area (Å²) in [5.74, 6) is 0.0223. The number of alkyl halides is 3. The van der Waals surface area contributed by atoms with Gasteiger partial charge >= 0.3 is 12.2 Å². The van der Waals surface area contributed by atoms with E-state index in [9.17, 15) is 31.2 Å². The molecular weight excluding hydrogens is 409 g/mol. The highest BCUT2D eigenvalue weighted by molar-refractivity contribution is 7.98. The number of benzene rings is 1. The molecule has 0 fully saturated rings. The van der Waals surface area contributed by atoms with Crippen molar-refractivity contribution in [1.82, 2.24) is 10.0 Å². The van der Waals surface area contributed by atoms with Gasteiger partial charge in [0.2, 0.25) is 15.9 Å². The molecule has 13 heteroatoms. The van der Waals surface area contributed by atoms with Crippen LogP contribution in [-0.2, 0) is 14.8 Å². The van der Waals surface area contributed by atoms with Gasteiger partial charge in [-0.05, 0) is 42.7 Å². The van der Waals surface area contributed by atoms with E-state index in [-0.39, 0.29) is 10.6 Å². The number of hydrogen-bond donors (Lipinski definition) is 4. The Hall–Kier alpha value is -1.99. The highest BCUT2D eigenvalue weighted by Crippen LogP contribution is 2.17. The van der Waals surface area contributed by atoms with E-state index in [2.05, 4.69) is 10.6 Å². The van der Waals surface area contributed by atoms with Crippen LogP contribution in [0.25, 0.3) is 0 Å². The summed E-state index contributed by atoms with van der Waals surface area (Å²) in [6.07, 6.45) is -2.53. The van der Waals surface area contributed by atoms with E-state index in [1.165, 1.54) is 28.6 Å². The summed E-state index contributed by atoms with van der Waals surface area (Å²) < 4.78 is 61.5. The van der Waals surface area contributed by atoms with Crippen molar-refractivity contribution in [2.24, 2.45) is 5.73 Å². The molecule has 0 bridgehead atoms. The molecular formula is C14H19F3N4O4S2. The van der Waals surface area contributed by atoms with Crippen molar-refractivity contribution in [3.8, 4) is 0 Å². The average molecular weight is 428 g/mol. The molecule has 0 aliphatic rings. The van der Waals surface area contributed by atoms with Gasteiger partial charge in [0.25, 0.3) is 0 Å². The van der Waals surface area contributed by atoms with E-state index in [0.717, 1.165) is 12.1 Å². The molecule has 0 aliphatic heterocycles. The first-order valence-electron chi connectivity index (χ1n) is 7.47. The van der Waals surface area contributed by atoms with Gasteiger partial charge in [0, 0.05) is 5.69 Å². The third kappa shape index (κ3) is 8.49. The van der Waals surface area contributed by atoms with E-state index in [1.54, 1.807) is 0 Å². The van der Waals surface area contributed by atoms with Crippen LogP contribution in [0.15, 0.2) is 29.2 Å². The number of halogens is 3. The maximum absolute atomic E-state index is 12.2. The van der Waals surface area contributed by atoms with Crippen LogP contribution in [0.5, 0.6) is 0 Å². The SMILES string of the molecule is CSCC[C@@H](NC(N)=O)C(=O)Nc1ccc(S(=O)(=O)NCC(F)(F)F)cc1. The third-order valence-electron chi connectivity index (χ3n) is 3.14. The van der Waals surface area contributed by atoms with Crippen LogP contribution in [0.2, 0.25) is 0 Å². The van der Waals surface area contributed by atoms with Crippen LogP contribution in [0.3, 0.4) is 0 Å². The fourth-order valence-corrected chi connectivity index (χ4v) is 3.37. The van der Waals surface area contributed by atoms with Gasteiger partial charge in [-0.2, -0.15) is 24.9 Å². The van der Waals surface area contributed by atoms with E-state index in [4.69, 9.17) is 5.73 Å². The number of amides is 3. The summed E-state index contributed by atoms with van der Waals surface area (Å²) in [7, 11) is -4.34. The Bertz CT molecular complexity index is 755. The normalized spacial score (nSPS) is 13.0. The number of rotatable bonds is 9. The Balaban J connectivity index is 2.80. The van der Waals surface area contributed by atoms with Gasteiger partial charge in [0.05, 0.1) is 4.90 Å². The summed E-state index contributed by atoms with van der Waals surface area (Å²) in [4.78, 5) is 22.8. The second-order valence-corrected chi connectivity index (χ2v) is 8.05. The van der Waals surface area contributed by atoms with Gasteiger partial charge in [-0.3, -0.25) is 4.79 Å². The minimum atomic E-state index is -4.68. The molecule has 0 saturated heterocycles. The Labute approximate surface area is 158 Å². The first-order valence-corrected chi connectivity index (χ1v) is 10.3. The van der Waals surface area contributed by atoms with Crippen LogP contribution >= 0.6 is 11.8 Å². The van der Waals surface area contributed by atoms with Crippen LogP contribution in [0, 0.1) is 0 Å². The molecule has 0 saturated carbocycles. The molecule has 1 aromatic rings. The number of carbonyl (C=O) groups is 2. The minimum absolute atomic E-state index is 0.204. The Morgan fingerprint density at radius 1 is 1.22 bits per heavy atom. The van der Waals surface area contributed by atoms with Crippen LogP contribution < -0.4 is 21.1 Å². The largest absolute Gasteiger partial charge is 0.402 e. The highest BCUT2D eigenvalue weighted by atomic mass is 32.2. The Morgan fingerprint density at radius 2 is 1.81 bits per heavy atom. The lowest BCUT2D eigenvalue weighted by atomic mass is 10.2. The molecule has 0 aromatic heterocycles. The number of nitrogens with two attached hydrogens (primary N) is 1. The van der Waals surface area contributed by atoms with Crippen molar-refractivity contribution in [3.63, 3.8) is 0 Å². The average Bonchev–Trinajstić information content (AvgIpc) is 2.56. The predicted molar refractivity (Wildman–Crippen MR) is 95.8 cm³/mol. The van der Waals surface area contributed by atoms with Crippen molar-refractivity contribution in [3.05, 3.63) is 24.3 Å². The second-order valence-electron chi connectivity index (χ2n) is 5.30. The summed E-state index contributed by atoms with van der Waals surface area (Å²) in [5, 5.41) is 4.78. The number of hydrogen-bond acceptors (Lipinski definition) is 5. The maximum atomic E-state index is 12.2. The molecule has 0 unspecified atom stereocenters. The van der Waals surface area contributed by atoms with Crippen LogP contribution in [-0.4, -0.2) is 51.1 Å². The van der Waals surface area contributed by atoms with E-state index in [1.807, 2.05) is 6.26 Å². The quantitative estimate of drug-likeness (QED) is 0.470.